The van der Waals surface area contributed by atoms with Crippen LogP contribution in [0.5, 0.6) is 0 Å². The standard InChI is InChI=1S/C13H21NS/c1-9-7-11(10(2)15-9)8-14-13(3,4)12-5-6-12/h7,12,14H,5-6,8H2,1-4H3. The van der Waals surface area contributed by atoms with Crippen molar-refractivity contribution in [3.05, 3.63) is 21.4 Å². The maximum atomic E-state index is 3.70. The van der Waals surface area contributed by atoms with Crippen molar-refractivity contribution < 1.29 is 0 Å². The number of hydrogen-bond acceptors (Lipinski definition) is 2. The van der Waals surface area contributed by atoms with E-state index in [9.17, 15) is 0 Å². The Morgan fingerprint density at radius 2 is 2.07 bits per heavy atom. The van der Waals surface area contributed by atoms with Gasteiger partial charge in [-0.3, -0.25) is 0 Å². The first-order valence-electron chi connectivity index (χ1n) is 5.80. The van der Waals surface area contributed by atoms with Gasteiger partial charge in [-0.2, -0.15) is 0 Å². The van der Waals surface area contributed by atoms with E-state index in [2.05, 4.69) is 39.1 Å². The normalized spacial score (nSPS) is 17.1. The van der Waals surface area contributed by atoms with Gasteiger partial charge in [0.1, 0.15) is 0 Å². The summed E-state index contributed by atoms with van der Waals surface area (Å²) < 4.78 is 0. The molecule has 1 nitrogen and oxygen atoms in total. The van der Waals surface area contributed by atoms with E-state index < -0.39 is 0 Å². The summed E-state index contributed by atoms with van der Waals surface area (Å²) >= 11 is 1.90. The van der Waals surface area contributed by atoms with E-state index in [0.29, 0.717) is 5.54 Å². The second kappa shape index (κ2) is 3.91. The third-order valence-corrected chi connectivity index (χ3v) is 4.48. The molecule has 0 aromatic carbocycles. The van der Waals surface area contributed by atoms with Crippen molar-refractivity contribution in [1.29, 1.82) is 0 Å². The van der Waals surface area contributed by atoms with Crippen LogP contribution in [0.15, 0.2) is 6.07 Å². The number of hydrogen-bond donors (Lipinski definition) is 1. The Balaban J connectivity index is 1.95. The van der Waals surface area contributed by atoms with E-state index in [-0.39, 0.29) is 0 Å². The Hall–Kier alpha value is -0.340. The molecule has 0 unspecified atom stereocenters. The Morgan fingerprint density at radius 1 is 1.40 bits per heavy atom. The molecule has 1 aliphatic rings. The fourth-order valence-electron chi connectivity index (χ4n) is 2.13. The number of nitrogens with one attached hydrogen (secondary N) is 1. The summed E-state index contributed by atoms with van der Waals surface area (Å²) in [5.41, 5.74) is 1.80. The topological polar surface area (TPSA) is 12.0 Å². The van der Waals surface area contributed by atoms with Gasteiger partial charge in [0.15, 0.2) is 0 Å². The number of aryl methyl sites for hydroxylation is 2. The van der Waals surface area contributed by atoms with Crippen LogP contribution in [-0.4, -0.2) is 5.54 Å². The Kier molecular flexibility index (Phi) is 2.91. The molecule has 1 saturated carbocycles. The molecule has 84 valence electrons. The zero-order chi connectivity index (χ0) is 11.1. The zero-order valence-electron chi connectivity index (χ0n) is 10.2. The molecule has 15 heavy (non-hydrogen) atoms. The van der Waals surface area contributed by atoms with Gasteiger partial charge in [-0.05, 0) is 58.1 Å². The molecule has 2 rings (SSSR count). The van der Waals surface area contributed by atoms with Crippen LogP contribution in [0.4, 0.5) is 0 Å². The van der Waals surface area contributed by atoms with Crippen LogP contribution in [0.25, 0.3) is 0 Å². The van der Waals surface area contributed by atoms with Gasteiger partial charge in [-0.15, -0.1) is 11.3 Å². The molecular weight excluding hydrogens is 202 g/mol. The molecule has 0 bridgehead atoms. The monoisotopic (exact) mass is 223 g/mol. The predicted octanol–water partition coefficient (Wildman–Crippen LogP) is 3.64. The lowest BCUT2D eigenvalue weighted by Crippen LogP contribution is -2.40. The van der Waals surface area contributed by atoms with Gasteiger partial charge in [-0.25, -0.2) is 0 Å². The minimum atomic E-state index is 0.322. The van der Waals surface area contributed by atoms with Gasteiger partial charge in [0.05, 0.1) is 0 Å². The summed E-state index contributed by atoms with van der Waals surface area (Å²) in [6, 6.07) is 2.32. The van der Waals surface area contributed by atoms with Crippen LogP contribution < -0.4 is 5.32 Å². The van der Waals surface area contributed by atoms with Gasteiger partial charge in [0.25, 0.3) is 0 Å². The first-order valence-corrected chi connectivity index (χ1v) is 6.61. The molecule has 1 aromatic heterocycles. The van der Waals surface area contributed by atoms with E-state index in [0.717, 1.165) is 12.5 Å². The molecule has 2 heteroatoms. The molecule has 0 atom stereocenters. The quantitative estimate of drug-likeness (QED) is 0.821. The average Bonchev–Trinajstić information content (AvgIpc) is 2.91. The maximum Gasteiger partial charge on any atom is 0.0221 e. The zero-order valence-corrected chi connectivity index (χ0v) is 11.0. The van der Waals surface area contributed by atoms with Crippen molar-refractivity contribution in [3.8, 4) is 0 Å². The van der Waals surface area contributed by atoms with E-state index in [1.807, 2.05) is 11.3 Å². The second-order valence-electron chi connectivity index (χ2n) is 5.29. The summed E-state index contributed by atoms with van der Waals surface area (Å²) in [5, 5.41) is 3.70. The fraction of sp³-hybridized carbons (Fsp3) is 0.692. The molecule has 0 radical (unpaired) electrons. The lowest BCUT2D eigenvalue weighted by molar-refractivity contribution is 0.339. The number of rotatable bonds is 4. The average molecular weight is 223 g/mol. The van der Waals surface area contributed by atoms with Crippen molar-refractivity contribution in [3.63, 3.8) is 0 Å². The molecule has 1 aromatic rings. The summed E-state index contributed by atoms with van der Waals surface area (Å²) in [6.45, 7) is 10.1. The lowest BCUT2D eigenvalue weighted by atomic mass is 9.98. The smallest absolute Gasteiger partial charge is 0.0221 e. The van der Waals surface area contributed by atoms with Crippen LogP contribution in [0, 0.1) is 19.8 Å². The minimum Gasteiger partial charge on any atom is -0.307 e. The molecule has 0 amide bonds. The lowest BCUT2D eigenvalue weighted by Gasteiger charge is -2.26. The third-order valence-electron chi connectivity index (χ3n) is 3.48. The first-order chi connectivity index (χ1) is 6.99. The van der Waals surface area contributed by atoms with Crippen molar-refractivity contribution in [2.24, 2.45) is 5.92 Å². The SMILES string of the molecule is Cc1cc(CNC(C)(C)C2CC2)c(C)s1. The largest absolute Gasteiger partial charge is 0.307 e. The van der Waals surface area contributed by atoms with Gasteiger partial charge in [0, 0.05) is 21.8 Å². The van der Waals surface area contributed by atoms with E-state index in [1.54, 1.807) is 0 Å². The van der Waals surface area contributed by atoms with Gasteiger partial charge in [0.2, 0.25) is 0 Å². The molecular formula is C13H21NS. The van der Waals surface area contributed by atoms with Crippen molar-refractivity contribution in [2.75, 3.05) is 0 Å². The molecule has 0 spiro atoms. The Bertz CT molecular complexity index is 347. The third kappa shape index (κ3) is 2.61. The minimum absolute atomic E-state index is 0.322. The summed E-state index contributed by atoms with van der Waals surface area (Å²) in [7, 11) is 0. The van der Waals surface area contributed by atoms with Crippen molar-refractivity contribution >= 4 is 11.3 Å². The highest BCUT2D eigenvalue weighted by atomic mass is 32.1. The maximum absolute atomic E-state index is 3.70. The second-order valence-corrected chi connectivity index (χ2v) is 6.75. The Morgan fingerprint density at radius 3 is 2.53 bits per heavy atom. The molecule has 0 aliphatic heterocycles. The van der Waals surface area contributed by atoms with Crippen LogP contribution >= 0.6 is 11.3 Å². The first kappa shape index (κ1) is 11.2. The van der Waals surface area contributed by atoms with Crippen molar-refractivity contribution in [1.82, 2.24) is 5.32 Å². The van der Waals surface area contributed by atoms with Crippen molar-refractivity contribution in [2.45, 2.75) is 52.6 Å². The highest BCUT2D eigenvalue weighted by molar-refractivity contribution is 7.12. The highest BCUT2D eigenvalue weighted by Crippen LogP contribution is 2.39. The van der Waals surface area contributed by atoms with Crippen LogP contribution in [0.1, 0.15) is 42.0 Å². The summed E-state index contributed by atoms with van der Waals surface area (Å²) in [6.07, 6.45) is 2.81. The summed E-state index contributed by atoms with van der Waals surface area (Å²) in [4.78, 5) is 2.89. The molecule has 1 aliphatic carbocycles. The molecule has 1 N–H and O–H groups in total. The predicted molar refractivity (Wildman–Crippen MR) is 67.4 cm³/mol. The molecule has 0 saturated heterocycles. The number of thiophene rings is 1. The molecule has 1 fully saturated rings. The van der Waals surface area contributed by atoms with Crippen LogP contribution in [0.3, 0.4) is 0 Å². The van der Waals surface area contributed by atoms with Gasteiger partial charge < -0.3 is 5.32 Å². The van der Waals surface area contributed by atoms with E-state index in [1.165, 1.54) is 28.2 Å². The van der Waals surface area contributed by atoms with Gasteiger partial charge in [-0.1, -0.05) is 0 Å². The van der Waals surface area contributed by atoms with Gasteiger partial charge >= 0.3 is 0 Å². The fourth-order valence-corrected chi connectivity index (χ4v) is 3.08. The van der Waals surface area contributed by atoms with Crippen LogP contribution in [0.2, 0.25) is 0 Å². The van der Waals surface area contributed by atoms with E-state index in [4.69, 9.17) is 0 Å². The Labute approximate surface area is 96.9 Å². The summed E-state index contributed by atoms with van der Waals surface area (Å²) in [5.74, 6) is 0.900. The highest BCUT2D eigenvalue weighted by Gasteiger charge is 2.37. The van der Waals surface area contributed by atoms with E-state index >= 15 is 0 Å². The molecule has 1 heterocycles. The van der Waals surface area contributed by atoms with Crippen LogP contribution in [-0.2, 0) is 6.54 Å².